The average Bonchev–Trinajstić information content (AvgIpc) is 3.01. The van der Waals surface area contributed by atoms with Gasteiger partial charge in [-0.1, -0.05) is 194 Å². The number of hydrogen-bond acceptors (Lipinski definition) is 5. The van der Waals surface area contributed by atoms with Crippen LogP contribution in [0.1, 0.15) is 213 Å². The molecule has 44 heavy (non-hydrogen) atoms. The van der Waals surface area contributed by atoms with Crippen molar-refractivity contribution < 1.29 is 29.6 Å². The Morgan fingerprint density at radius 1 is 0.500 bits per heavy atom. The molecule has 0 aromatic rings. The number of hydrogen-bond donors (Lipinski definition) is 3. The third-order valence-corrected chi connectivity index (χ3v) is 9.18. The second-order valence-corrected chi connectivity index (χ2v) is 13.5. The molecule has 0 spiro atoms. The minimum Gasteiger partial charge on any atom is -0.479 e. The van der Waals surface area contributed by atoms with Crippen LogP contribution in [-0.2, 0) is 14.3 Å². The molecule has 0 aliphatic heterocycles. The Kier molecular flexibility index (Phi) is 31.0. The van der Waals surface area contributed by atoms with E-state index in [-0.39, 0.29) is 13.0 Å². The SMILES string of the molecule is CCCCCCCCCCCCCCCCCCOC(=O)C(O)(CCCCCCCCCCCCCCCC)C(O)C(=O)O. The molecule has 3 N–H and O–H groups in total. The van der Waals surface area contributed by atoms with Crippen molar-refractivity contribution in [2.45, 2.75) is 225 Å². The summed E-state index contributed by atoms with van der Waals surface area (Å²) in [6.07, 6.45) is 34.2. The molecule has 0 bridgehead atoms. The van der Waals surface area contributed by atoms with Crippen molar-refractivity contribution in [3.05, 3.63) is 0 Å². The Morgan fingerprint density at radius 3 is 1.07 bits per heavy atom. The number of rotatable bonds is 35. The summed E-state index contributed by atoms with van der Waals surface area (Å²) in [5, 5.41) is 30.2. The number of aliphatic hydroxyl groups is 2. The van der Waals surface area contributed by atoms with E-state index in [1.807, 2.05) is 0 Å². The molecule has 0 aromatic carbocycles. The van der Waals surface area contributed by atoms with Crippen LogP contribution in [0.3, 0.4) is 0 Å². The molecule has 0 amide bonds. The number of carbonyl (C=O) groups is 2. The van der Waals surface area contributed by atoms with Gasteiger partial charge in [0, 0.05) is 0 Å². The maximum absolute atomic E-state index is 12.6. The van der Waals surface area contributed by atoms with Crippen LogP contribution in [0.25, 0.3) is 0 Å². The third kappa shape index (κ3) is 25.1. The highest BCUT2D eigenvalue weighted by molar-refractivity contribution is 5.88. The number of esters is 1. The van der Waals surface area contributed by atoms with E-state index >= 15 is 0 Å². The second kappa shape index (κ2) is 31.8. The molecule has 6 nitrogen and oxygen atoms in total. The van der Waals surface area contributed by atoms with Crippen molar-refractivity contribution in [3.8, 4) is 0 Å². The van der Waals surface area contributed by atoms with E-state index < -0.39 is 23.6 Å². The largest absolute Gasteiger partial charge is 0.479 e. The lowest BCUT2D eigenvalue weighted by Gasteiger charge is -2.28. The Bertz CT molecular complexity index is 639. The van der Waals surface area contributed by atoms with Crippen LogP contribution in [0.2, 0.25) is 0 Å². The molecule has 0 aliphatic rings. The molecule has 0 rings (SSSR count). The smallest absolute Gasteiger partial charge is 0.341 e. The summed E-state index contributed by atoms with van der Waals surface area (Å²) in [6.45, 7) is 4.65. The number of aliphatic carboxylic acids is 1. The Balaban J connectivity index is 3.87. The Morgan fingerprint density at radius 2 is 0.773 bits per heavy atom. The predicted molar refractivity (Wildman–Crippen MR) is 184 cm³/mol. The van der Waals surface area contributed by atoms with Crippen LogP contribution < -0.4 is 0 Å². The monoisotopic (exact) mass is 627 g/mol. The van der Waals surface area contributed by atoms with Crippen LogP contribution in [-0.4, -0.2) is 45.6 Å². The number of carbonyl (C=O) groups excluding carboxylic acids is 1. The Labute approximate surface area is 272 Å². The summed E-state index contributed by atoms with van der Waals surface area (Å²) in [4.78, 5) is 24.1. The number of unbranched alkanes of at least 4 members (excludes halogenated alkanes) is 28. The fourth-order valence-corrected chi connectivity index (χ4v) is 6.08. The summed E-state index contributed by atoms with van der Waals surface area (Å²) < 4.78 is 5.25. The molecule has 0 saturated heterocycles. The first kappa shape index (κ1) is 42.9. The van der Waals surface area contributed by atoms with Gasteiger partial charge in [0.25, 0.3) is 0 Å². The Hall–Kier alpha value is -1.14. The van der Waals surface area contributed by atoms with E-state index in [2.05, 4.69) is 13.8 Å². The molecule has 2 atom stereocenters. The first-order valence-electron chi connectivity index (χ1n) is 19.2. The fourth-order valence-electron chi connectivity index (χ4n) is 6.08. The molecule has 6 heteroatoms. The van der Waals surface area contributed by atoms with Gasteiger partial charge >= 0.3 is 11.9 Å². The number of carboxylic acid groups (broad SMARTS) is 1. The first-order chi connectivity index (χ1) is 21.4. The van der Waals surface area contributed by atoms with Gasteiger partial charge in [-0.3, -0.25) is 0 Å². The zero-order valence-electron chi connectivity index (χ0n) is 29.3. The van der Waals surface area contributed by atoms with Crippen molar-refractivity contribution in [2.75, 3.05) is 6.61 Å². The summed E-state index contributed by atoms with van der Waals surface area (Å²) in [6, 6.07) is 0. The van der Waals surface area contributed by atoms with Crippen molar-refractivity contribution in [3.63, 3.8) is 0 Å². The average molecular weight is 627 g/mol. The third-order valence-electron chi connectivity index (χ3n) is 9.18. The normalized spacial score (nSPS) is 13.5. The van der Waals surface area contributed by atoms with E-state index in [1.165, 1.54) is 148 Å². The number of ether oxygens (including phenoxy) is 1. The highest BCUT2D eigenvalue weighted by Gasteiger charge is 2.48. The van der Waals surface area contributed by atoms with E-state index in [0.717, 1.165) is 32.1 Å². The van der Waals surface area contributed by atoms with Gasteiger partial charge in [-0.2, -0.15) is 0 Å². The molecule has 0 radical (unpaired) electrons. The lowest BCUT2D eigenvalue weighted by Crippen LogP contribution is -2.54. The quantitative estimate of drug-likeness (QED) is 0.0477. The van der Waals surface area contributed by atoms with Crippen molar-refractivity contribution in [1.82, 2.24) is 0 Å². The maximum atomic E-state index is 12.6. The number of carboxylic acids is 1. The molecular weight excluding hydrogens is 552 g/mol. The van der Waals surface area contributed by atoms with Crippen molar-refractivity contribution in [1.29, 1.82) is 0 Å². The van der Waals surface area contributed by atoms with Gasteiger partial charge in [0.15, 0.2) is 11.7 Å². The number of aliphatic hydroxyl groups excluding tert-OH is 1. The summed E-state index contributed by atoms with van der Waals surface area (Å²) >= 11 is 0. The molecule has 0 fully saturated rings. The zero-order valence-corrected chi connectivity index (χ0v) is 29.3. The van der Waals surface area contributed by atoms with Crippen LogP contribution in [0.5, 0.6) is 0 Å². The van der Waals surface area contributed by atoms with Crippen LogP contribution in [0.15, 0.2) is 0 Å². The van der Waals surface area contributed by atoms with Gasteiger partial charge in [0.05, 0.1) is 6.61 Å². The van der Waals surface area contributed by atoms with E-state index in [9.17, 15) is 24.9 Å². The molecular formula is C38H74O6. The van der Waals surface area contributed by atoms with Crippen LogP contribution >= 0.6 is 0 Å². The zero-order chi connectivity index (χ0) is 32.6. The van der Waals surface area contributed by atoms with Gasteiger partial charge in [-0.25, -0.2) is 9.59 Å². The summed E-state index contributed by atoms with van der Waals surface area (Å²) in [5.74, 6) is -2.61. The van der Waals surface area contributed by atoms with E-state index in [4.69, 9.17) is 4.74 Å². The lowest BCUT2D eigenvalue weighted by molar-refractivity contribution is -0.189. The topological polar surface area (TPSA) is 104 Å². The highest BCUT2D eigenvalue weighted by Crippen LogP contribution is 2.23. The van der Waals surface area contributed by atoms with Gasteiger partial charge < -0.3 is 20.1 Å². The molecule has 0 saturated carbocycles. The first-order valence-corrected chi connectivity index (χ1v) is 19.2. The van der Waals surface area contributed by atoms with Gasteiger partial charge in [0.2, 0.25) is 0 Å². The van der Waals surface area contributed by atoms with Crippen LogP contribution in [0.4, 0.5) is 0 Å². The molecule has 2 unspecified atom stereocenters. The molecule has 262 valence electrons. The van der Waals surface area contributed by atoms with Gasteiger partial charge in [0.1, 0.15) is 0 Å². The van der Waals surface area contributed by atoms with Crippen molar-refractivity contribution in [2.24, 2.45) is 0 Å². The second-order valence-electron chi connectivity index (χ2n) is 13.5. The fraction of sp³-hybridized carbons (Fsp3) is 0.947. The summed E-state index contributed by atoms with van der Waals surface area (Å²) in [5.41, 5.74) is -2.39. The molecule has 0 aromatic heterocycles. The van der Waals surface area contributed by atoms with E-state index in [1.54, 1.807) is 0 Å². The van der Waals surface area contributed by atoms with Gasteiger partial charge in [-0.15, -0.1) is 0 Å². The highest BCUT2D eigenvalue weighted by atomic mass is 16.6. The lowest BCUT2D eigenvalue weighted by atomic mass is 9.89. The van der Waals surface area contributed by atoms with Crippen LogP contribution in [0, 0.1) is 0 Å². The maximum Gasteiger partial charge on any atom is 0.341 e. The minimum atomic E-state index is -2.39. The van der Waals surface area contributed by atoms with E-state index in [0.29, 0.717) is 12.8 Å². The predicted octanol–water partition coefficient (Wildman–Crippen LogP) is 10.8. The molecule has 0 heterocycles. The molecule has 0 aliphatic carbocycles. The van der Waals surface area contributed by atoms with Crippen molar-refractivity contribution >= 4 is 11.9 Å². The van der Waals surface area contributed by atoms with Gasteiger partial charge in [-0.05, 0) is 19.3 Å². The minimum absolute atomic E-state index is 0.101. The standard InChI is InChI=1S/C38H74O6/c1-3-5-7-9-11-13-15-17-19-20-22-24-26-28-30-32-34-44-37(42)38(43,35(39)36(40)41)33-31-29-27-25-23-21-18-16-14-12-10-8-6-4-2/h35,39,43H,3-34H2,1-2H3,(H,40,41). The summed E-state index contributed by atoms with van der Waals surface area (Å²) in [7, 11) is 0.